The standard InChI is InChI=1S/C51H46N3O.Pt/c1-33-28-41(24-25-42(33)35-14-9-8-10-15-35)54-46-18-13-17-43(48(46)53-49(54)44-16-11-12-19-47(44)55)37-29-38(31-40(30-37)51(5,6)7)45-32-36(26-27-52-45)34-20-22-39(23-21-34)50(2,3)4;/h8-28,30-32,55H,1-7H3;/q-1;/i1D3,2D3,3D3,4D3,20D,21D,22D,23D,26D,27D,32D;. The maximum atomic E-state index is 11.3. The number of aromatic nitrogens is 3. The van der Waals surface area contributed by atoms with Gasteiger partial charge in [0.2, 0.25) is 0 Å². The zero-order chi connectivity index (χ0) is 54.6. The Morgan fingerprint density at radius 1 is 0.679 bits per heavy atom. The summed E-state index contributed by atoms with van der Waals surface area (Å²) in [6.45, 7) is -8.63. The van der Waals surface area contributed by atoms with Crippen molar-refractivity contribution >= 4 is 11.0 Å². The molecule has 0 aliphatic carbocycles. The van der Waals surface area contributed by atoms with Gasteiger partial charge in [0.05, 0.1) is 26.2 Å². The summed E-state index contributed by atoms with van der Waals surface area (Å²) in [4.78, 5) is 9.42. The maximum Gasteiger partial charge on any atom is 0.148 e. The van der Waals surface area contributed by atoms with Crippen molar-refractivity contribution in [3.05, 3.63) is 168 Å². The van der Waals surface area contributed by atoms with Crippen molar-refractivity contribution in [3.8, 4) is 67.5 Å². The molecule has 0 aliphatic rings. The van der Waals surface area contributed by atoms with Crippen LogP contribution in [0.1, 0.15) is 84.1 Å². The molecule has 6 aromatic carbocycles. The van der Waals surface area contributed by atoms with Crippen LogP contribution in [-0.4, -0.2) is 19.6 Å². The van der Waals surface area contributed by atoms with Crippen LogP contribution in [-0.2, 0) is 31.9 Å². The second-order valence-corrected chi connectivity index (χ2v) is 14.2. The number of imidazole rings is 1. The second-order valence-electron chi connectivity index (χ2n) is 14.2. The van der Waals surface area contributed by atoms with Crippen molar-refractivity contribution < 1.29 is 52.2 Å². The molecule has 5 heteroatoms. The Bertz CT molecular complexity index is 3470. The zero-order valence-corrected chi connectivity index (χ0v) is 32.7. The van der Waals surface area contributed by atoms with Crippen LogP contribution in [0.25, 0.3) is 72.7 Å². The molecule has 0 fully saturated rings. The van der Waals surface area contributed by atoms with E-state index in [0.29, 0.717) is 50.1 Å². The first-order valence-electron chi connectivity index (χ1n) is 26.9. The second kappa shape index (κ2) is 15.2. The largest absolute Gasteiger partial charge is 0.507 e. The van der Waals surface area contributed by atoms with E-state index in [9.17, 15) is 6.48 Å². The van der Waals surface area contributed by atoms with Crippen molar-refractivity contribution in [2.75, 3.05) is 0 Å². The number of hydrogen-bond donors (Lipinski definition) is 1. The van der Waals surface area contributed by atoms with Gasteiger partial charge in [-0.2, -0.15) is 0 Å². The minimum Gasteiger partial charge on any atom is -0.507 e. The molecule has 2 heterocycles. The normalized spacial score (nSPS) is 17.6. The van der Waals surface area contributed by atoms with Crippen molar-refractivity contribution in [2.24, 2.45) is 0 Å². The number of aromatic hydroxyl groups is 1. The third-order valence-corrected chi connectivity index (χ3v) is 9.30. The van der Waals surface area contributed by atoms with E-state index in [1.807, 2.05) is 57.2 Å². The van der Waals surface area contributed by atoms with E-state index in [0.717, 1.165) is 0 Å². The summed E-state index contributed by atoms with van der Waals surface area (Å²) >= 11 is 0. The number of aryl methyl sites for hydroxylation is 1. The molecule has 56 heavy (non-hydrogen) atoms. The van der Waals surface area contributed by atoms with E-state index in [1.165, 1.54) is 6.07 Å². The molecule has 282 valence electrons. The summed E-state index contributed by atoms with van der Waals surface area (Å²) in [5.41, 5.74) is -3.33. The fourth-order valence-corrected chi connectivity index (χ4v) is 6.43. The Balaban J connectivity index is 0.00000820. The van der Waals surface area contributed by atoms with Gasteiger partial charge < -0.3 is 5.11 Å². The number of rotatable bonds is 6. The quantitative estimate of drug-likeness (QED) is 0.169. The Morgan fingerprint density at radius 3 is 2.14 bits per heavy atom. The number of benzene rings is 6. The number of hydrogen-bond acceptors (Lipinski definition) is 3. The Kier molecular flexibility index (Phi) is 5.86. The molecule has 0 atom stereocenters. The molecule has 0 saturated carbocycles. The van der Waals surface area contributed by atoms with Crippen molar-refractivity contribution in [1.29, 1.82) is 0 Å². The third-order valence-electron chi connectivity index (χ3n) is 9.30. The van der Waals surface area contributed by atoms with Crippen molar-refractivity contribution in [2.45, 2.75) is 59.0 Å². The SMILES string of the molecule is [2H]c1nc(-c2[c-]c(-c3cccc4c3nc(-c3ccccc3O)n4-c3ccc(-c4ccccc4)c(C([2H])([2H])[2H])c3)cc(C(C)(C)C)c2)c([2H])c(-c2c([2H])c([2H])c(C(C([2H])([2H])[2H])(C([2H])([2H])[2H])C([2H])([2H])[2H])c([2H])c2[2H])c1[2H].[Pt]. The first-order valence-corrected chi connectivity index (χ1v) is 17.4. The van der Waals surface area contributed by atoms with E-state index in [-0.39, 0.29) is 49.5 Å². The number of para-hydroxylation sites is 2. The fraction of sp³-hybridized carbons (Fsp3) is 0.176. The predicted molar refractivity (Wildman–Crippen MR) is 229 cm³/mol. The van der Waals surface area contributed by atoms with Gasteiger partial charge in [-0.3, -0.25) is 9.55 Å². The molecule has 0 spiro atoms. The Morgan fingerprint density at radius 2 is 1.41 bits per heavy atom. The van der Waals surface area contributed by atoms with Gasteiger partial charge in [0, 0.05) is 55.1 Å². The van der Waals surface area contributed by atoms with Crippen LogP contribution in [0.5, 0.6) is 5.75 Å². The van der Waals surface area contributed by atoms with E-state index >= 15 is 0 Å². The molecule has 1 N–H and O–H groups in total. The number of phenolic OH excluding ortho intramolecular Hbond substituents is 1. The van der Waals surface area contributed by atoms with Crippen LogP contribution in [0.15, 0.2) is 146 Å². The maximum absolute atomic E-state index is 11.3. The summed E-state index contributed by atoms with van der Waals surface area (Å²) < 4.78 is 165. The number of nitrogens with zero attached hydrogens (tertiary/aromatic N) is 3. The van der Waals surface area contributed by atoms with E-state index in [4.69, 9.17) is 29.7 Å². The van der Waals surface area contributed by atoms with Gasteiger partial charge in [0.25, 0.3) is 0 Å². The molecule has 0 saturated heterocycles. The molecule has 4 nitrogen and oxygen atoms in total. The fourth-order valence-electron chi connectivity index (χ4n) is 6.43. The molecule has 8 aromatic rings. The van der Waals surface area contributed by atoms with Gasteiger partial charge >= 0.3 is 0 Å². The van der Waals surface area contributed by atoms with Crippen LogP contribution in [0.4, 0.5) is 0 Å². The van der Waals surface area contributed by atoms with Crippen LogP contribution in [0.3, 0.4) is 0 Å². The monoisotopic (exact) mass is 930 g/mol. The first-order chi connectivity index (χ1) is 34.2. The Labute approximate surface area is 371 Å². The molecule has 0 unspecified atom stereocenters. The molecule has 0 amide bonds. The minimum atomic E-state index is -3.94. The van der Waals surface area contributed by atoms with Gasteiger partial charge in [-0.1, -0.05) is 143 Å². The van der Waals surface area contributed by atoms with Crippen LogP contribution >= 0.6 is 0 Å². The summed E-state index contributed by atoms with van der Waals surface area (Å²) in [7, 11) is 0. The zero-order valence-electron chi connectivity index (χ0n) is 49.4. The average Bonchev–Trinajstić information content (AvgIpc) is 3.70. The summed E-state index contributed by atoms with van der Waals surface area (Å²) in [5, 5.41) is 11.3. The number of pyridine rings is 1. The molecule has 0 aliphatic heterocycles. The minimum absolute atomic E-state index is 0. The van der Waals surface area contributed by atoms with Gasteiger partial charge in [0.15, 0.2) is 0 Å². The van der Waals surface area contributed by atoms with E-state index in [2.05, 4.69) is 11.1 Å². The van der Waals surface area contributed by atoms with Crippen molar-refractivity contribution in [3.63, 3.8) is 0 Å². The molecule has 2 aromatic heterocycles. The van der Waals surface area contributed by atoms with Gasteiger partial charge in [-0.25, -0.2) is 4.98 Å². The van der Waals surface area contributed by atoms with Crippen LogP contribution in [0, 0.1) is 12.9 Å². The van der Waals surface area contributed by atoms with Crippen LogP contribution in [0.2, 0.25) is 0 Å². The van der Waals surface area contributed by atoms with Crippen LogP contribution < -0.4 is 0 Å². The van der Waals surface area contributed by atoms with Gasteiger partial charge in [-0.05, 0) is 87.4 Å². The van der Waals surface area contributed by atoms with E-state index in [1.54, 1.807) is 65.2 Å². The van der Waals surface area contributed by atoms with Crippen molar-refractivity contribution in [1.82, 2.24) is 14.5 Å². The molecule has 0 radical (unpaired) electrons. The third kappa shape index (κ3) is 7.51. The first kappa shape index (κ1) is 21.7. The molecular weight excluding hydrogens is 866 g/mol. The molecular formula is C51H46N3OPt-. The topological polar surface area (TPSA) is 50.9 Å². The summed E-state index contributed by atoms with van der Waals surface area (Å²) in [5.74, 6) is 0.147. The smallest absolute Gasteiger partial charge is 0.148 e. The molecule has 0 bridgehead atoms. The molecule has 8 rings (SSSR count). The van der Waals surface area contributed by atoms with Gasteiger partial charge in [-0.15, -0.1) is 29.3 Å². The predicted octanol–water partition coefficient (Wildman–Crippen LogP) is 13.2. The Hall–Kier alpha value is -5.57. The van der Waals surface area contributed by atoms with E-state index < -0.39 is 97.4 Å². The average molecular weight is 931 g/mol. The number of phenols is 1. The van der Waals surface area contributed by atoms with Gasteiger partial charge in [0.1, 0.15) is 11.6 Å². The summed E-state index contributed by atoms with van der Waals surface area (Å²) in [6.07, 6.45) is -0.785. The summed E-state index contributed by atoms with van der Waals surface area (Å²) in [6, 6.07) is 26.2. The number of fused-ring (bicyclic) bond motifs is 1.